The van der Waals surface area contributed by atoms with E-state index in [1.807, 2.05) is 0 Å². The molecule has 3 fully saturated rings. The molecule has 1 spiro atoms. The maximum Gasteiger partial charge on any atom is 0.419 e. The highest BCUT2D eigenvalue weighted by Gasteiger charge is 2.49. The van der Waals surface area contributed by atoms with Crippen molar-refractivity contribution >= 4 is 11.9 Å². The van der Waals surface area contributed by atoms with Gasteiger partial charge in [-0.25, -0.2) is 4.79 Å². The van der Waals surface area contributed by atoms with Crippen LogP contribution in [0.15, 0.2) is 12.4 Å². The summed E-state index contributed by atoms with van der Waals surface area (Å²) in [6.45, 7) is 2.87. The van der Waals surface area contributed by atoms with Crippen LogP contribution in [-0.2, 0) is 22.3 Å². The summed E-state index contributed by atoms with van der Waals surface area (Å²) in [4.78, 5) is 27.6. The van der Waals surface area contributed by atoms with E-state index in [9.17, 15) is 22.8 Å². The molecular formula is C17H22F3N5O3. The minimum atomic E-state index is -4.38. The molecule has 1 N–H and O–H groups in total. The number of carbonyl (C=O) groups excluding carboxylic acids is 2. The smallest absolute Gasteiger partial charge is 0.369 e. The van der Waals surface area contributed by atoms with Crippen LogP contribution in [0.2, 0.25) is 0 Å². The molecule has 28 heavy (non-hydrogen) atoms. The fourth-order valence-corrected chi connectivity index (χ4v) is 4.08. The molecule has 0 saturated carbocycles. The van der Waals surface area contributed by atoms with Crippen molar-refractivity contribution < 1.29 is 27.5 Å². The summed E-state index contributed by atoms with van der Waals surface area (Å²) >= 11 is 0. The number of nitrogens with one attached hydrogen (secondary N) is 1. The van der Waals surface area contributed by atoms with Crippen molar-refractivity contribution in [1.29, 1.82) is 0 Å². The van der Waals surface area contributed by atoms with E-state index >= 15 is 0 Å². The number of carbonyl (C=O) groups is 2. The Kier molecular flexibility index (Phi) is 4.72. The van der Waals surface area contributed by atoms with Crippen LogP contribution in [0.4, 0.5) is 18.0 Å². The number of morpholine rings is 1. The zero-order valence-corrected chi connectivity index (χ0v) is 15.2. The van der Waals surface area contributed by atoms with E-state index in [-0.39, 0.29) is 24.5 Å². The van der Waals surface area contributed by atoms with Gasteiger partial charge in [-0.3, -0.25) is 9.48 Å². The predicted octanol–water partition coefficient (Wildman–Crippen LogP) is 0.935. The molecule has 0 unspecified atom stereocenters. The third-order valence-electron chi connectivity index (χ3n) is 5.56. The van der Waals surface area contributed by atoms with Gasteiger partial charge in [0.05, 0.1) is 23.9 Å². The Morgan fingerprint density at radius 1 is 1.29 bits per heavy atom. The van der Waals surface area contributed by atoms with Gasteiger partial charge < -0.3 is 19.9 Å². The summed E-state index contributed by atoms with van der Waals surface area (Å²) in [5.41, 5.74) is -1.20. The SMILES string of the molecule is O=C1COCC2(CN(C(=O)N3CCC(Cn4cc(C(F)(F)F)cn4)CC3)C2)N1. The van der Waals surface area contributed by atoms with Crippen LogP contribution < -0.4 is 5.32 Å². The van der Waals surface area contributed by atoms with Crippen LogP contribution in [0.1, 0.15) is 18.4 Å². The Balaban J connectivity index is 1.24. The number of piperidine rings is 1. The first-order chi connectivity index (χ1) is 13.2. The second-order valence-electron chi connectivity index (χ2n) is 7.84. The first-order valence-corrected chi connectivity index (χ1v) is 9.26. The number of nitrogens with zero attached hydrogens (tertiary/aromatic N) is 4. The topological polar surface area (TPSA) is 79.7 Å². The van der Waals surface area contributed by atoms with E-state index in [4.69, 9.17) is 4.74 Å². The predicted molar refractivity (Wildman–Crippen MR) is 90.2 cm³/mol. The number of alkyl halides is 3. The average Bonchev–Trinajstić information content (AvgIpc) is 3.08. The molecule has 1 aromatic heterocycles. The summed E-state index contributed by atoms with van der Waals surface area (Å²) in [6, 6.07) is -0.0673. The molecule has 1 aromatic rings. The third-order valence-corrected chi connectivity index (χ3v) is 5.56. The molecule has 3 saturated heterocycles. The second kappa shape index (κ2) is 6.94. The Morgan fingerprint density at radius 2 is 2.00 bits per heavy atom. The summed E-state index contributed by atoms with van der Waals surface area (Å²) in [6.07, 6.45) is -1.09. The summed E-state index contributed by atoms with van der Waals surface area (Å²) in [7, 11) is 0. The van der Waals surface area contributed by atoms with E-state index in [0.29, 0.717) is 52.2 Å². The van der Waals surface area contributed by atoms with Crippen molar-refractivity contribution in [2.45, 2.75) is 31.1 Å². The Bertz CT molecular complexity index is 751. The number of rotatable bonds is 2. The maximum atomic E-state index is 12.7. The normalized spacial score (nSPS) is 22.9. The van der Waals surface area contributed by atoms with Crippen LogP contribution in [0.5, 0.6) is 0 Å². The van der Waals surface area contributed by atoms with Crippen LogP contribution >= 0.6 is 0 Å². The fraction of sp³-hybridized carbons (Fsp3) is 0.706. The second-order valence-corrected chi connectivity index (χ2v) is 7.84. The van der Waals surface area contributed by atoms with Crippen molar-refractivity contribution in [3.63, 3.8) is 0 Å². The minimum Gasteiger partial charge on any atom is -0.369 e. The van der Waals surface area contributed by atoms with Crippen LogP contribution in [-0.4, -0.2) is 76.5 Å². The molecule has 0 aliphatic carbocycles. The monoisotopic (exact) mass is 401 g/mol. The fourth-order valence-electron chi connectivity index (χ4n) is 4.08. The van der Waals surface area contributed by atoms with E-state index in [1.54, 1.807) is 9.80 Å². The summed E-state index contributed by atoms with van der Waals surface area (Å²) < 4.78 is 44.6. The molecular weight excluding hydrogens is 379 g/mol. The lowest BCUT2D eigenvalue weighted by Gasteiger charge is -2.52. The number of hydrogen-bond acceptors (Lipinski definition) is 4. The molecule has 4 rings (SSSR count). The Labute approximate surface area is 159 Å². The van der Waals surface area contributed by atoms with Gasteiger partial charge >= 0.3 is 12.2 Å². The van der Waals surface area contributed by atoms with Crippen LogP contribution in [0.3, 0.4) is 0 Å². The number of urea groups is 1. The van der Waals surface area contributed by atoms with Crippen LogP contribution in [0, 0.1) is 5.92 Å². The zero-order valence-electron chi connectivity index (χ0n) is 15.2. The zero-order chi connectivity index (χ0) is 19.9. The number of hydrogen-bond donors (Lipinski definition) is 1. The molecule has 0 atom stereocenters. The van der Waals surface area contributed by atoms with Gasteiger partial charge in [0.1, 0.15) is 6.61 Å². The van der Waals surface area contributed by atoms with Crippen molar-refractivity contribution in [3.8, 4) is 0 Å². The number of halogens is 3. The van der Waals surface area contributed by atoms with E-state index in [0.717, 1.165) is 12.4 Å². The lowest BCUT2D eigenvalue weighted by molar-refractivity contribution is -0.141. The summed E-state index contributed by atoms with van der Waals surface area (Å²) in [5.74, 6) is 0.0188. The molecule has 8 nitrogen and oxygen atoms in total. The molecule has 0 bridgehead atoms. The number of amides is 3. The van der Waals surface area contributed by atoms with Gasteiger partial charge in [0.2, 0.25) is 5.91 Å². The van der Waals surface area contributed by atoms with Crippen molar-refractivity contribution in [2.75, 3.05) is 39.4 Å². The van der Waals surface area contributed by atoms with Crippen molar-refractivity contribution in [2.24, 2.45) is 5.92 Å². The van der Waals surface area contributed by atoms with E-state index < -0.39 is 17.3 Å². The standard InChI is InChI=1S/C17H22F3N5O3/c18-17(19,20)13-5-21-25(7-13)6-12-1-3-23(4-2-12)15(27)24-9-16(10-24)11-28-8-14(26)22-16/h5,7,12H,1-4,6,8-11H2,(H,22,26). The average molecular weight is 401 g/mol. The van der Waals surface area contributed by atoms with Gasteiger partial charge in [-0.2, -0.15) is 18.3 Å². The van der Waals surface area contributed by atoms with Gasteiger partial charge in [0.25, 0.3) is 0 Å². The molecule has 0 aromatic carbocycles. The Hall–Kier alpha value is -2.30. The third kappa shape index (κ3) is 3.80. The van der Waals surface area contributed by atoms with Crippen molar-refractivity contribution in [1.82, 2.24) is 24.9 Å². The van der Waals surface area contributed by atoms with Gasteiger partial charge in [-0.15, -0.1) is 0 Å². The minimum absolute atomic E-state index is 0.0595. The molecule has 0 radical (unpaired) electrons. The number of aromatic nitrogens is 2. The maximum absolute atomic E-state index is 12.7. The van der Waals surface area contributed by atoms with E-state index in [1.165, 1.54) is 4.68 Å². The number of ether oxygens (including phenoxy) is 1. The summed E-state index contributed by atoms with van der Waals surface area (Å²) in [5, 5.41) is 6.70. The first-order valence-electron chi connectivity index (χ1n) is 9.26. The largest absolute Gasteiger partial charge is 0.419 e. The van der Waals surface area contributed by atoms with Gasteiger partial charge in [-0.1, -0.05) is 0 Å². The highest BCUT2D eigenvalue weighted by Crippen LogP contribution is 2.30. The molecule has 11 heteroatoms. The molecule has 3 amide bonds. The van der Waals surface area contributed by atoms with Gasteiger partial charge in [0.15, 0.2) is 0 Å². The quantitative estimate of drug-likeness (QED) is 0.800. The highest BCUT2D eigenvalue weighted by molar-refractivity contribution is 5.81. The molecule has 154 valence electrons. The van der Waals surface area contributed by atoms with Gasteiger partial charge in [-0.05, 0) is 18.8 Å². The van der Waals surface area contributed by atoms with Gasteiger partial charge in [0, 0.05) is 38.9 Å². The lowest BCUT2D eigenvalue weighted by atomic mass is 9.89. The first kappa shape index (κ1) is 19.0. The molecule has 3 aliphatic rings. The van der Waals surface area contributed by atoms with Crippen molar-refractivity contribution in [3.05, 3.63) is 18.0 Å². The van der Waals surface area contributed by atoms with E-state index in [2.05, 4.69) is 10.4 Å². The highest BCUT2D eigenvalue weighted by atomic mass is 19.4. The molecule has 4 heterocycles. The molecule has 3 aliphatic heterocycles. The lowest BCUT2D eigenvalue weighted by Crippen LogP contribution is -2.76. The Morgan fingerprint density at radius 3 is 2.61 bits per heavy atom. The van der Waals surface area contributed by atoms with Crippen LogP contribution in [0.25, 0.3) is 0 Å². The number of likely N-dealkylation sites (tertiary alicyclic amines) is 2.